The van der Waals surface area contributed by atoms with Gasteiger partial charge < -0.3 is 5.11 Å². The van der Waals surface area contributed by atoms with E-state index in [1.165, 1.54) is 48.6 Å². The molecule has 0 amide bonds. The number of halogens is 1. The highest BCUT2D eigenvalue weighted by Crippen LogP contribution is 2.38. The van der Waals surface area contributed by atoms with E-state index in [1.807, 2.05) is 36.5 Å². The molecule has 1 fully saturated rings. The number of aromatic nitrogens is 1. The smallest absolute Gasteiger partial charge is 0.155 e. The number of alkyl halides is 1. The minimum atomic E-state index is -1.38. The van der Waals surface area contributed by atoms with Crippen molar-refractivity contribution in [1.29, 1.82) is 0 Å². The number of hydrogen-bond donors (Lipinski definition) is 1. The first-order chi connectivity index (χ1) is 17.7. The van der Waals surface area contributed by atoms with Crippen LogP contribution in [0.1, 0.15) is 80.3 Å². The first kappa shape index (κ1) is 25.8. The van der Waals surface area contributed by atoms with Gasteiger partial charge in [-0.2, -0.15) is 0 Å². The normalized spacial score (nSPS) is 18.3. The van der Waals surface area contributed by atoms with Crippen LogP contribution in [0.15, 0.2) is 77.8 Å². The second-order valence-electron chi connectivity index (χ2n) is 11.1. The third-order valence-electron chi connectivity index (χ3n) is 7.59. The molecule has 0 aliphatic heterocycles. The summed E-state index contributed by atoms with van der Waals surface area (Å²) in [4.78, 5) is 5.63. The standard InChI is InChI=1S/C33H36FNOS/c1-22-8-12-24(13-9-22)25-14-10-23(11-15-25)18-28-20-29-27(21-35-28)16-17-31(36)30(29)19-26-6-4-5-7-32(26)37-33(2,3)34/h4-7,10-11,14-17,20-22,24,36H,8-9,12-13,18-19H2,1-3H3. The van der Waals surface area contributed by atoms with Gasteiger partial charge in [0.2, 0.25) is 0 Å². The number of phenols is 1. The summed E-state index contributed by atoms with van der Waals surface area (Å²) in [6.07, 6.45) is 8.42. The summed E-state index contributed by atoms with van der Waals surface area (Å²) >= 11 is 1.21. The highest BCUT2D eigenvalue weighted by Gasteiger charge is 2.21. The van der Waals surface area contributed by atoms with E-state index in [4.69, 9.17) is 4.98 Å². The first-order valence-electron chi connectivity index (χ1n) is 13.4. The lowest BCUT2D eigenvalue weighted by Gasteiger charge is -2.26. The van der Waals surface area contributed by atoms with Crippen molar-refractivity contribution in [3.63, 3.8) is 0 Å². The van der Waals surface area contributed by atoms with Crippen LogP contribution in [0.5, 0.6) is 5.75 Å². The summed E-state index contributed by atoms with van der Waals surface area (Å²) in [5, 5.41) is 11.5. The number of fused-ring (bicyclic) bond motifs is 1. The minimum absolute atomic E-state index is 0.259. The maximum Gasteiger partial charge on any atom is 0.155 e. The molecule has 2 nitrogen and oxygen atoms in total. The second kappa shape index (κ2) is 10.9. The van der Waals surface area contributed by atoms with Crippen molar-refractivity contribution in [3.05, 3.63) is 101 Å². The number of thioether (sulfide) groups is 1. The molecule has 1 N–H and O–H groups in total. The van der Waals surface area contributed by atoms with Crippen LogP contribution in [-0.2, 0) is 12.8 Å². The number of phenolic OH excluding ortho intramolecular Hbond substituents is 1. The molecule has 0 saturated heterocycles. The quantitative estimate of drug-likeness (QED) is 0.250. The molecule has 1 heterocycles. The van der Waals surface area contributed by atoms with Gasteiger partial charge in [-0.3, -0.25) is 4.98 Å². The van der Waals surface area contributed by atoms with Crippen LogP contribution in [0.3, 0.4) is 0 Å². The molecule has 0 unspecified atom stereocenters. The van der Waals surface area contributed by atoms with Gasteiger partial charge in [-0.1, -0.05) is 74.0 Å². The molecular weight excluding hydrogens is 477 g/mol. The molecule has 1 aliphatic carbocycles. The molecule has 1 aromatic heterocycles. The Morgan fingerprint density at radius 2 is 1.68 bits per heavy atom. The lowest BCUT2D eigenvalue weighted by atomic mass is 9.79. The number of pyridine rings is 1. The Morgan fingerprint density at radius 3 is 2.41 bits per heavy atom. The van der Waals surface area contributed by atoms with E-state index in [9.17, 15) is 9.50 Å². The maximum absolute atomic E-state index is 14.4. The number of rotatable bonds is 7. The van der Waals surface area contributed by atoms with E-state index < -0.39 is 5.00 Å². The molecule has 3 aromatic carbocycles. The van der Waals surface area contributed by atoms with Crippen LogP contribution < -0.4 is 0 Å². The summed E-state index contributed by atoms with van der Waals surface area (Å²) in [6.45, 7) is 5.51. The predicted molar refractivity (Wildman–Crippen MR) is 153 cm³/mol. The summed E-state index contributed by atoms with van der Waals surface area (Å²) in [7, 11) is 0. The van der Waals surface area contributed by atoms with Crippen molar-refractivity contribution < 1.29 is 9.50 Å². The van der Waals surface area contributed by atoms with Gasteiger partial charge in [0, 0.05) is 40.6 Å². The Balaban J connectivity index is 1.40. The molecule has 0 bridgehead atoms. The Morgan fingerprint density at radius 1 is 0.946 bits per heavy atom. The van der Waals surface area contributed by atoms with Crippen molar-refractivity contribution in [1.82, 2.24) is 4.98 Å². The molecule has 5 rings (SSSR count). The zero-order chi connectivity index (χ0) is 26.0. The molecule has 1 aliphatic rings. The highest BCUT2D eigenvalue weighted by molar-refractivity contribution is 8.00. The minimum Gasteiger partial charge on any atom is -0.508 e. The van der Waals surface area contributed by atoms with Crippen LogP contribution in [0.2, 0.25) is 0 Å². The van der Waals surface area contributed by atoms with Gasteiger partial charge in [-0.05, 0) is 84.9 Å². The second-order valence-corrected chi connectivity index (χ2v) is 12.7. The van der Waals surface area contributed by atoms with Gasteiger partial charge >= 0.3 is 0 Å². The summed E-state index contributed by atoms with van der Waals surface area (Å²) in [6, 6.07) is 22.7. The Kier molecular flexibility index (Phi) is 7.57. The number of nitrogens with zero attached hydrogens (tertiary/aromatic N) is 1. The molecule has 0 spiro atoms. The lowest BCUT2D eigenvalue weighted by Crippen LogP contribution is -2.10. The number of hydrogen-bond acceptors (Lipinski definition) is 3. The van der Waals surface area contributed by atoms with Crippen LogP contribution in [0.4, 0.5) is 4.39 Å². The molecule has 37 heavy (non-hydrogen) atoms. The van der Waals surface area contributed by atoms with E-state index in [0.717, 1.165) is 44.8 Å². The van der Waals surface area contributed by atoms with Gasteiger partial charge in [-0.15, -0.1) is 0 Å². The van der Waals surface area contributed by atoms with Crippen LogP contribution >= 0.6 is 11.8 Å². The monoisotopic (exact) mass is 513 g/mol. The van der Waals surface area contributed by atoms with Gasteiger partial charge in [0.15, 0.2) is 5.00 Å². The van der Waals surface area contributed by atoms with Gasteiger partial charge in [0.25, 0.3) is 0 Å². The van der Waals surface area contributed by atoms with E-state index in [0.29, 0.717) is 12.3 Å². The van der Waals surface area contributed by atoms with E-state index in [-0.39, 0.29) is 5.75 Å². The highest BCUT2D eigenvalue weighted by atomic mass is 32.2. The van der Waals surface area contributed by atoms with Crippen molar-refractivity contribution in [2.24, 2.45) is 5.92 Å². The summed E-state index contributed by atoms with van der Waals surface area (Å²) < 4.78 is 14.4. The van der Waals surface area contributed by atoms with E-state index >= 15 is 0 Å². The number of aromatic hydroxyl groups is 1. The fourth-order valence-electron chi connectivity index (χ4n) is 5.50. The van der Waals surface area contributed by atoms with Gasteiger partial charge in [0.1, 0.15) is 5.75 Å². The largest absolute Gasteiger partial charge is 0.508 e. The third-order valence-corrected chi connectivity index (χ3v) is 8.69. The maximum atomic E-state index is 14.4. The zero-order valence-corrected chi connectivity index (χ0v) is 22.8. The zero-order valence-electron chi connectivity index (χ0n) is 22.0. The molecule has 0 radical (unpaired) electrons. The van der Waals surface area contributed by atoms with Crippen LogP contribution in [-0.4, -0.2) is 15.1 Å². The number of benzene rings is 3. The Bertz CT molecular complexity index is 1370. The van der Waals surface area contributed by atoms with Crippen molar-refractivity contribution >= 4 is 22.5 Å². The van der Waals surface area contributed by atoms with E-state index in [1.54, 1.807) is 19.9 Å². The molecule has 1 saturated carbocycles. The SMILES string of the molecule is CC1CCC(c2ccc(Cc3cc4c(Cc5ccccc5SC(C)(C)F)c(O)ccc4cn3)cc2)CC1. The Labute approximate surface area is 224 Å². The predicted octanol–water partition coefficient (Wildman–Crippen LogP) is 9.21. The van der Waals surface area contributed by atoms with Crippen molar-refractivity contribution in [3.8, 4) is 5.75 Å². The molecule has 192 valence electrons. The topological polar surface area (TPSA) is 33.1 Å². The molecule has 0 atom stereocenters. The lowest BCUT2D eigenvalue weighted by molar-refractivity contribution is 0.346. The first-order valence-corrected chi connectivity index (χ1v) is 14.2. The van der Waals surface area contributed by atoms with Crippen LogP contribution in [0.25, 0.3) is 10.8 Å². The molecule has 4 heteroatoms. The summed E-state index contributed by atoms with van der Waals surface area (Å²) in [5.74, 6) is 1.82. The summed E-state index contributed by atoms with van der Waals surface area (Å²) in [5.41, 5.74) is 5.54. The van der Waals surface area contributed by atoms with E-state index in [2.05, 4.69) is 37.3 Å². The van der Waals surface area contributed by atoms with Crippen molar-refractivity contribution in [2.75, 3.05) is 0 Å². The fraction of sp³-hybridized carbons (Fsp3) is 0.364. The average molecular weight is 514 g/mol. The van der Waals surface area contributed by atoms with Crippen molar-refractivity contribution in [2.45, 2.75) is 75.1 Å². The molecule has 4 aromatic rings. The third kappa shape index (κ3) is 6.35. The van der Waals surface area contributed by atoms with Gasteiger partial charge in [0.05, 0.1) is 0 Å². The van der Waals surface area contributed by atoms with Crippen LogP contribution in [0, 0.1) is 5.92 Å². The Hall–Kier alpha value is -2.85. The average Bonchev–Trinajstić information content (AvgIpc) is 2.87. The van der Waals surface area contributed by atoms with Gasteiger partial charge in [-0.25, -0.2) is 4.39 Å². The molecular formula is C33H36FNOS. The fourth-order valence-corrected chi connectivity index (χ4v) is 6.45.